The smallest absolute Gasteiger partial charge is 0.316 e. The molecule has 174 valence electrons. The number of anilines is 3. The highest BCUT2D eigenvalue weighted by Gasteiger charge is 2.27. The summed E-state index contributed by atoms with van der Waals surface area (Å²) in [5.41, 5.74) is 2.25. The molecule has 0 bridgehead atoms. The van der Waals surface area contributed by atoms with Gasteiger partial charge in [-0.15, -0.1) is 0 Å². The minimum atomic E-state index is -0.906. The van der Waals surface area contributed by atoms with Gasteiger partial charge in [-0.3, -0.25) is 4.79 Å². The lowest BCUT2D eigenvalue weighted by molar-refractivity contribution is -0.137. The number of aromatic nitrogens is 2. The molecule has 1 aromatic carbocycles. The zero-order chi connectivity index (χ0) is 23.1. The van der Waals surface area contributed by atoms with Crippen LogP contribution in [0, 0.1) is 5.82 Å². The van der Waals surface area contributed by atoms with Gasteiger partial charge in [0.05, 0.1) is 43.0 Å². The van der Waals surface area contributed by atoms with Gasteiger partial charge in [-0.1, -0.05) is 6.92 Å². The first-order chi connectivity index (χ1) is 15.5. The molecule has 3 rings (SSSR count). The van der Waals surface area contributed by atoms with Crippen LogP contribution in [0.5, 0.6) is 6.01 Å². The maximum absolute atomic E-state index is 15.6. The van der Waals surface area contributed by atoms with Crippen molar-refractivity contribution in [2.45, 2.75) is 51.5 Å². The molecule has 0 spiro atoms. The fraction of sp³-hybridized carbons (Fsp3) is 0.522. The Morgan fingerprint density at radius 1 is 1.31 bits per heavy atom. The maximum atomic E-state index is 15.6. The number of rotatable bonds is 10. The minimum Gasteiger partial charge on any atom is -0.481 e. The van der Waals surface area contributed by atoms with Crippen LogP contribution in [0.15, 0.2) is 24.5 Å². The summed E-state index contributed by atoms with van der Waals surface area (Å²) in [6.45, 7) is 5.83. The molecule has 0 aliphatic carbocycles. The lowest BCUT2D eigenvalue weighted by Crippen LogP contribution is -2.40. The molecule has 1 saturated heterocycles. The van der Waals surface area contributed by atoms with Crippen molar-refractivity contribution >= 4 is 23.0 Å². The van der Waals surface area contributed by atoms with E-state index in [0.717, 1.165) is 12.8 Å². The Balaban J connectivity index is 2.05. The molecule has 2 aromatic rings. The van der Waals surface area contributed by atoms with E-state index in [0.29, 0.717) is 48.8 Å². The average molecular weight is 447 g/mol. The highest BCUT2D eigenvalue weighted by Crippen LogP contribution is 2.38. The number of carbonyl (C=O) groups is 1. The third-order valence-electron chi connectivity index (χ3n) is 5.82. The van der Waals surface area contributed by atoms with E-state index in [-0.39, 0.29) is 30.2 Å². The molecule has 1 aromatic heterocycles. The number of aliphatic carboxylic acids is 1. The molecule has 2 N–H and O–H groups in total. The summed E-state index contributed by atoms with van der Waals surface area (Å²) in [6, 6.07) is 3.72. The van der Waals surface area contributed by atoms with Crippen molar-refractivity contribution in [3.05, 3.63) is 35.9 Å². The van der Waals surface area contributed by atoms with Crippen LogP contribution in [0.2, 0.25) is 0 Å². The molecule has 1 aliphatic rings. The fourth-order valence-electron chi connectivity index (χ4n) is 4.19. The van der Waals surface area contributed by atoms with Gasteiger partial charge in [0, 0.05) is 25.8 Å². The van der Waals surface area contributed by atoms with Crippen LogP contribution in [0.1, 0.15) is 51.0 Å². The number of nitrogens with zero attached hydrogens (tertiary/aromatic N) is 3. The van der Waals surface area contributed by atoms with Crippen molar-refractivity contribution in [1.29, 1.82) is 0 Å². The van der Waals surface area contributed by atoms with Crippen LogP contribution in [0.4, 0.5) is 21.5 Å². The van der Waals surface area contributed by atoms with Crippen LogP contribution in [-0.2, 0) is 9.53 Å². The van der Waals surface area contributed by atoms with Gasteiger partial charge in [-0.2, -0.15) is 0 Å². The first kappa shape index (κ1) is 23.7. The van der Waals surface area contributed by atoms with E-state index in [1.54, 1.807) is 12.4 Å². The van der Waals surface area contributed by atoms with Crippen LogP contribution in [-0.4, -0.2) is 54.0 Å². The van der Waals surface area contributed by atoms with E-state index in [1.807, 2.05) is 19.9 Å². The van der Waals surface area contributed by atoms with Crippen molar-refractivity contribution in [2.75, 3.05) is 37.1 Å². The van der Waals surface area contributed by atoms with Crippen molar-refractivity contribution in [3.63, 3.8) is 0 Å². The van der Waals surface area contributed by atoms with Gasteiger partial charge in [-0.05, 0) is 49.8 Å². The van der Waals surface area contributed by atoms with Crippen molar-refractivity contribution in [1.82, 2.24) is 9.97 Å². The van der Waals surface area contributed by atoms with Crippen molar-refractivity contribution in [2.24, 2.45) is 0 Å². The summed E-state index contributed by atoms with van der Waals surface area (Å²) in [5, 5.41) is 12.5. The Morgan fingerprint density at radius 3 is 2.56 bits per heavy atom. The summed E-state index contributed by atoms with van der Waals surface area (Å²) >= 11 is 0. The lowest BCUT2D eigenvalue weighted by atomic mass is 9.92. The van der Waals surface area contributed by atoms with Crippen molar-refractivity contribution in [3.8, 4) is 6.01 Å². The zero-order valence-electron chi connectivity index (χ0n) is 18.8. The lowest BCUT2D eigenvalue weighted by Gasteiger charge is -2.37. The number of carboxylic acids is 1. The monoisotopic (exact) mass is 446 g/mol. The first-order valence-electron chi connectivity index (χ1n) is 11.0. The molecular formula is C23H31FN4O4. The maximum Gasteiger partial charge on any atom is 0.316 e. The summed E-state index contributed by atoms with van der Waals surface area (Å²) in [5.74, 6) is -1.57. The molecule has 32 heavy (non-hydrogen) atoms. The van der Waals surface area contributed by atoms with E-state index in [2.05, 4.69) is 20.2 Å². The van der Waals surface area contributed by atoms with Crippen LogP contribution < -0.4 is 15.0 Å². The van der Waals surface area contributed by atoms with Crippen LogP contribution in [0.25, 0.3) is 0 Å². The molecule has 1 unspecified atom stereocenters. The zero-order valence-corrected chi connectivity index (χ0v) is 18.8. The number of carboxylic acid groups (broad SMARTS) is 1. The summed E-state index contributed by atoms with van der Waals surface area (Å²) in [6.07, 6.45) is 5.30. The normalized spacial score (nSPS) is 15.2. The summed E-state index contributed by atoms with van der Waals surface area (Å²) in [4.78, 5) is 21.6. The van der Waals surface area contributed by atoms with Gasteiger partial charge in [0.25, 0.3) is 0 Å². The number of hydrogen-bond acceptors (Lipinski definition) is 7. The van der Waals surface area contributed by atoms with Crippen LogP contribution in [0.3, 0.4) is 0 Å². The largest absolute Gasteiger partial charge is 0.481 e. The molecule has 2 heterocycles. The number of nitrogens with one attached hydrogen (secondary N) is 1. The quantitative estimate of drug-likeness (QED) is 0.556. The minimum absolute atomic E-state index is 0.0577. The predicted molar refractivity (Wildman–Crippen MR) is 120 cm³/mol. The average Bonchev–Trinajstić information content (AvgIpc) is 2.80. The van der Waals surface area contributed by atoms with Gasteiger partial charge >= 0.3 is 12.0 Å². The number of ether oxygens (including phenoxy) is 2. The predicted octanol–water partition coefficient (Wildman–Crippen LogP) is 4.34. The summed E-state index contributed by atoms with van der Waals surface area (Å²) in [7, 11) is 1.49. The molecule has 1 aliphatic heterocycles. The van der Waals surface area contributed by atoms with E-state index in [9.17, 15) is 9.90 Å². The topological polar surface area (TPSA) is 96.8 Å². The summed E-state index contributed by atoms with van der Waals surface area (Å²) < 4.78 is 26.2. The third-order valence-corrected chi connectivity index (χ3v) is 5.82. The van der Waals surface area contributed by atoms with E-state index < -0.39 is 5.97 Å². The second kappa shape index (κ2) is 11.1. The van der Waals surface area contributed by atoms with Gasteiger partial charge in [0.1, 0.15) is 5.82 Å². The van der Waals surface area contributed by atoms with Gasteiger partial charge in [0.15, 0.2) is 0 Å². The Morgan fingerprint density at radius 2 is 2.00 bits per heavy atom. The number of halogens is 1. The van der Waals surface area contributed by atoms with Crippen molar-refractivity contribution < 1.29 is 23.8 Å². The molecule has 1 fully saturated rings. The Kier molecular flexibility index (Phi) is 8.21. The second-order valence-corrected chi connectivity index (χ2v) is 7.81. The SMILES string of the molecule is CCC(CC(=O)O)c1cc(F)c(N(CC)C2CCOCC2)c(Nc2cnc(OC)nc2)c1. The third kappa shape index (κ3) is 5.64. The van der Waals surface area contributed by atoms with Crippen LogP contribution >= 0.6 is 0 Å². The molecule has 8 nitrogen and oxygen atoms in total. The highest BCUT2D eigenvalue weighted by atomic mass is 19.1. The molecule has 0 amide bonds. The highest BCUT2D eigenvalue weighted by molar-refractivity contribution is 5.77. The number of benzene rings is 1. The first-order valence-corrected chi connectivity index (χ1v) is 11.0. The molecule has 0 saturated carbocycles. The Bertz CT molecular complexity index is 904. The Hall–Kier alpha value is -2.94. The molecular weight excluding hydrogens is 415 g/mol. The molecule has 1 atom stereocenters. The standard InChI is InChI=1S/C23H31FN4O4/c1-4-15(12-21(29)30)16-10-19(24)22(28(5-2)18-6-8-32-9-7-18)20(11-16)27-17-13-25-23(31-3)26-14-17/h10-11,13-15,18,27H,4-9,12H2,1-3H3,(H,29,30). The van der Waals surface area contributed by atoms with E-state index >= 15 is 4.39 Å². The second-order valence-electron chi connectivity index (χ2n) is 7.81. The van der Waals surface area contributed by atoms with Gasteiger partial charge in [0.2, 0.25) is 0 Å². The van der Waals surface area contributed by atoms with E-state index in [4.69, 9.17) is 9.47 Å². The number of hydrogen-bond donors (Lipinski definition) is 2. The van der Waals surface area contributed by atoms with Gasteiger partial charge < -0.3 is 24.8 Å². The molecule has 9 heteroatoms. The van der Waals surface area contributed by atoms with E-state index in [1.165, 1.54) is 13.2 Å². The fourth-order valence-corrected chi connectivity index (χ4v) is 4.19. The Labute approximate surface area is 187 Å². The number of methoxy groups -OCH3 is 1. The van der Waals surface area contributed by atoms with Gasteiger partial charge in [-0.25, -0.2) is 14.4 Å². The molecule has 0 radical (unpaired) electrons.